The molecule has 0 N–H and O–H groups in total. The van der Waals surface area contributed by atoms with Crippen LogP contribution in [0.3, 0.4) is 0 Å². The number of benzene rings is 2. The third kappa shape index (κ3) is 10.1. The molecule has 0 atom stereocenters. The van der Waals surface area contributed by atoms with Gasteiger partial charge in [-0.25, -0.2) is 0 Å². The highest BCUT2D eigenvalue weighted by Crippen LogP contribution is 2.25. The zero-order chi connectivity index (χ0) is 22.2. The Labute approximate surface area is 185 Å². The number of hydrogen-bond donors (Lipinski definition) is 0. The molecule has 0 unspecified atom stereocenters. The Balaban J connectivity index is 2.09. The first-order chi connectivity index (χ1) is 15.2. The van der Waals surface area contributed by atoms with Crippen molar-refractivity contribution in [3.05, 3.63) is 65.2 Å². The molecule has 0 aliphatic carbocycles. The van der Waals surface area contributed by atoms with Crippen molar-refractivity contribution in [2.45, 2.75) is 33.1 Å². The molecule has 0 radical (unpaired) electrons. The molecule has 0 bridgehead atoms. The standard InChI is InChI=1S/C26H32O5/c1-3-28-20-30-25-17-24(18-26(19-25)31-21-29-4-2)14-13-23-12-9-11-22(16-23)10-7-5-6-8-15-27/h7,9-19H,3-6,8,20-21H2,1-2H3/b10-7+,14-13+. The predicted octanol–water partition coefficient (Wildman–Crippen LogP) is 5.99. The van der Waals surface area contributed by atoms with Crippen LogP contribution in [0.1, 0.15) is 49.8 Å². The highest BCUT2D eigenvalue weighted by Gasteiger charge is 2.03. The molecule has 0 saturated carbocycles. The van der Waals surface area contributed by atoms with Gasteiger partial charge in [-0.1, -0.05) is 42.5 Å². The molecule has 2 aromatic rings. The minimum absolute atomic E-state index is 0.190. The Bertz CT molecular complexity index is 813. The molecule has 0 amide bonds. The zero-order valence-corrected chi connectivity index (χ0v) is 18.4. The molecule has 2 rings (SSSR count). The molecule has 0 saturated heterocycles. The first kappa shape index (κ1) is 24.4. The minimum Gasteiger partial charge on any atom is -0.467 e. The van der Waals surface area contributed by atoms with Gasteiger partial charge in [0, 0.05) is 25.7 Å². The molecule has 0 heterocycles. The maximum Gasteiger partial charge on any atom is 0.189 e. The fraction of sp³-hybridized carbons (Fsp3) is 0.346. The van der Waals surface area contributed by atoms with Crippen molar-refractivity contribution in [2.75, 3.05) is 26.8 Å². The van der Waals surface area contributed by atoms with Gasteiger partial charge in [-0.3, -0.25) is 0 Å². The van der Waals surface area contributed by atoms with E-state index in [1.165, 1.54) is 0 Å². The molecule has 0 aliphatic heterocycles. The van der Waals surface area contributed by atoms with E-state index in [0.29, 0.717) is 31.1 Å². The Morgan fingerprint density at radius 3 is 1.97 bits per heavy atom. The Morgan fingerprint density at radius 2 is 1.35 bits per heavy atom. The summed E-state index contributed by atoms with van der Waals surface area (Å²) in [4.78, 5) is 10.4. The van der Waals surface area contributed by atoms with Crippen LogP contribution in [0.4, 0.5) is 0 Å². The number of unbranched alkanes of at least 4 members (excludes halogenated alkanes) is 2. The summed E-state index contributed by atoms with van der Waals surface area (Å²) in [6.07, 6.45) is 11.6. The molecule has 0 fully saturated rings. The summed E-state index contributed by atoms with van der Waals surface area (Å²) in [5, 5.41) is 0. The van der Waals surface area contributed by atoms with Crippen molar-refractivity contribution >= 4 is 24.5 Å². The van der Waals surface area contributed by atoms with Crippen molar-refractivity contribution in [3.63, 3.8) is 0 Å². The van der Waals surface area contributed by atoms with E-state index in [9.17, 15) is 4.79 Å². The molecule has 5 nitrogen and oxygen atoms in total. The van der Waals surface area contributed by atoms with Gasteiger partial charge in [0.1, 0.15) is 17.8 Å². The summed E-state index contributed by atoms with van der Waals surface area (Å²) >= 11 is 0. The molecule has 5 heteroatoms. The lowest BCUT2D eigenvalue weighted by atomic mass is 10.1. The number of allylic oxidation sites excluding steroid dienone is 1. The van der Waals surface area contributed by atoms with E-state index < -0.39 is 0 Å². The topological polar surface area (TPSA) is 54.0 Å². The maximum atomic E-state index is 10.4. The second-order valence-corrected chi connectivity index (χ2v) is 6.75. The smallest absolute Gasteiger partial charge is 0.189 e. The van der Waals surface area contributed by atoms with Crippen molar-refractivity contribution in [1.29, 1.82) is 0 Å². The molecular formula is C26H32O5. The highest BCUT2D eigenvalue weighted by molar-refractivity contribution is 5.72. The Kier molecular flexibility index (Phi) is 11.8. The number of rotatable bonds is 15. The van der Waals surface area contributed by atoms with Crippen LogP contribution in [0.2, 0.25) is 0 Å². The van der Waals surface area contributed by atoms with Crippen LogP contribution in [0, 0.1) is 0 Å². The van der Waals surface area contributed by atoms with Gasteiger partial charge in [0.05, 0.1) is 0 Å². The Hall–Kier alpha value is -2.89. The second kappa shape index (κ2) is 15.0. The van der Waals surface area contributed by atoms with Crippen molar-refractivity contribution in [1.82, 2.24) is 0 Å². The summed E-state index contributed by atoms with van der Waals surface area (Å²) in [5.41, 5.74) is 3.17. The summed E-state index contributed by atoms with van der Waals surface area (Å²) in [6, 6.07) is 14.0. The van der Waals surface area contributed by atoms with Gasteiger partial charge in [0.2, 0.25) is 0 Å². The number of ether oxygens (including phenoxy) is 4. The van der Waals surface area contributed by atoms with Crippen LogP contribution >= 0.6 is 0 Å². The van der Waals surface area contributed by atoms with Crippen LogP contribution in [-0.4, -0.2) is 33.1 Å². The maximum absolute atomic E-state index is 10.4. The molecule has 0 aromatic heterocycles. The van der Waals surface area contributed by atoms with Gasteiger partial charge in [-0.15, -0.1) is 0 Å². The van der Waals surface area contributed by atoms with Gasteiger partial charge >= 0.3 is 0 Å². The molecule has 31 heavy (non-hydrogen) atoms. The predicted molar refractivity (Wildman–Crippen MR) is 125 cm³/mol. The van der Waals surface area contributed by atoms with Crippen LogP contribution < -0.4 is 9.47 Å². The molecular weight excluding hydrogens is 392 g/mol. The summed E-state index contributed by atoms with van der Waals surface area (Å²) < 4.78 is 21.9. The molecule has 0 spiro atoms. The first-order valence-electron chi connectivity index (χ1n) is 10.7. The lowest BCUT2D eigenvalue weighted by molar-refractivity contribution is -0.107. The highest BCUT2D eigenvalue weighted by atomic mass is 16.7. The Morgan fingerprint density at radius 1 is 0.742 bits per heavy atom. The molecule has 166 valence electrons. The summed E-state index contributed by atoms with van der Waals surface area (Å²) in [7, 11) is 0. The summed E-state index contributed by atoms with van der Waals surface area (Å²) in [6.45, 7) is 5.41. The van der Waals surface area contributed by atoms with Crippen molar-refractivity contribution < 1.29 is 23.7 Å². The van der Waals surface area contributed by atoms with Gasteiger partial charge in [0.15, 0.2) is 13.6 Å². The minimum atomic E-state index is 0.190. The second-order valence-electron chi connectivity index (χ2n) is 6.75. The molecule has 2 aromatic carbocycles. The number of hydrogen-bond acceptors (Lipinski definition) is 5. The number of carbonyl (C=O) groups excluding carboxylic acids is 1. The van der Waals surface area contributed by atoms with Crippen LogP contribution in [0.25, 0.3) is 18.2 Å². The number of aldehydes is 1. The van der Waals surface area contributed by atoms with Gasteiger partial charge < -0.3 is 23.7 Å². The quantitative estimate of drug-likeness (QED) is 0.152. The third-order valence-corrected chi connectivity index (χ3v) is 4.31. The van der Waals surface area contributed by atoms with Gasteiger partial charge in [-0.05, 0) is 61.6 Å². The van der Waals surface area contributed by atoms with Gasteiger partial charge in [0.25, 0.3) is 0 Å². The average Bonchev–Trinajstić information content (AvgIpc) is 2.78. The van der Waals surface area contributed by atoms with E-state index in [1.54, 1.807) is 0 Å². The lowest BCUT2D eigenvalue weighted by Gasteiger charge is -2.11. The number of carbonyl (C=O) groups is 1. The van der Waals surface area contributed by atoms with E-state index >= 15 is 0 Å². The average molecular weight is 425 g/mol. The fourth-order valence-electron chi connectivity index (χ4n) is 2.74. The van der Waals surface area contributed by atoms with Crippen molar-refractivity contribution in [3.8, 4) is 11.5 Å². The van der Waals surface area contributed by atoms with Crippen molar-refractivity contribution in [2.24, 2.45) is 0 Å². The SMILES string of the molecule is CCOCOc1cc(/C=C/c2cccc(/C=C/CCCC=O)c2)cc(OCOCC)c1. The lowest BCUT2D eigenvalue weighted by Crippen LogP contribution is -2.04. The van der Waals surface area contributed by atoms with Crippen LogP contribution in [-0.2, 0) is 14.3 Å². The normalized spacial score (nSPS) is 11.3. The largest absolute Gasteiger partial charge is 0.467 e. The van der Waals surface area contributed by atoms with E-state index in [1.807, 2.05) is 44.2 Å². The molecule has 0 aliphatic rings. The van der Waals surface area contributed by atoms with E-state index in [2.05, 4.69) is 36.4 Å². The monoisotopic (exact) mass is 424 g/mol. The van der Waals surface area contributed by atoms with E-state index in [0.717, 1.165) is 35.8 Å². The fourth-order valence-corrected chi connectivity index (χ4v) is 2.74. The van der Waals surface area contributed by atoms with Crippen LogP contribution in [0.5, 0.6) is 11.5 Å². The first-order valence-corrected chi connectivity index (χ1v) is 10.7. The summed E-state index contributed by atoms with van der Waals surface area (Å²) in [5.74, 6) is 1.35. The van der Waals surface area contributed by atoms with Gasteiger partial charge in [-0.2, -0.15) is 0 Å². The third-order valence-electron chi connectivity index (χ3n) is 4.31. The van der Waals surface area contributed by atoms with E-state index in [4.69, 9.17) is 18.9 Å². The van der Waals surface area contributed by atoms with Crippen LogP contribution in [0.15, 0.2) is 48.5 Å². The zero-order valence-electron chi connectivity index (χ0n) is 18.4. The van der Waals surface area contributed by atoms with E-state index in [-0.39, 0.29) is 13.6 Å².